The van der Waals surface area contributed by atoms with Gasteiger partial charge in [0.2, 0.25) is 0 Å². The lowest BCUT2D eigenvalue weighted by Gasteiger charge is -2.24. The number of aromatic nitrogens is 2. The second-order valence-corrected chi connectivity index (χ2v) is 7.92. The molecular weight excluding hydrogens is 392 g/mol. The van der Waals surface area contributed by atoms with Gasteiger partial charge in [0.25, 0.3) is 5.91 Å². The van der Waals surface area contributed by atoms with E-state index in [1.165, 1.54) is 6.21 Å². The summed E-state index contributed by atoms with van der Waals surface area (Å²) in [6.07, 6.45) is 3.25. The van der Waals surface area contributed by atoms with E-state index in [2.05, 4.69) is 22.4 Å². The summed E-state index contributed by atoms with van der Waals surface area (Å²) in [5.74, 6) is 1.83. The topological polar surface area (TPSA) is 106 Å². The molecule has 1 saturated heterocycles. The third-order valence-electron chi connectivity index (χ3n) is 5.53. The van der Waals surface area contributed by atoms with E-state index in [1.54, 1.807) is 7.11 Å². The average molecular weight is 419 g/mol. The van der Waals surface area contributed by atoms with Crippen molar-refractivity contribution in [1.29, 1.82) is 5.41 Å². The number of methoxy groups -OCH3 is 1. The Morgan fingerprint density at radius 1 is 1.35 bits per heavy atom. The normalized spacial score (nSPS) is 18.6. The SMILES string of the molecule is COc1ccc2nc([C@@H]3C[C@@H](C)CN3C(=O)c3cc(C)ccc3N/N=C\C=N)[nH]c2c1. The number of hydrogen-bond acceptors (Lipinski definition) is 6. The van der Waals surface area contributed by atoms with Crippen molar-refractivity contribution in [3.8, 4) is 5.75 Å². The minimum atomic E-state index is -0.140. The Labute approximate surface area is 180 Å². The van der Waals surface area contributed by atoms with Crippen LogP contribution in [0.2, 0.25) is 0 Å². The standard InChI is InChI=1S/C23H26N6O2/c1-14-4-6-18(28-25-9-8-24)17(10-14)23(30)29-13-15(2)11-21(29)22-26-19-7-5-16(31-3)12-20(19)27-22/h4-10,12,15,21,24,28H,11,13H2,1-3H3,(H,26,27)/b24-8?,25-9-/t15-,21+/m1/s1. The monoisotopic (exact) mass is 418 g/mol. The third-order valence-corrected chi connectivity index (χ3v) is 5.53. The molecule has 0 saturated carbocycles. The molecule has 1 amide bonds. The first kappa shape index (κ1) is 20.6. The molecule has 160 valence electrons. The van der Waals surface area contributed by atoms with Gasteiger partial charge in [-0.3, -0.25) is 10.2 Å². The molecule has 31 heavy (non-hydrogen) atoms. The Balaban J connectivity index is 1.68. The predicted octanol–water partition coefficient (Wildman–Crippen LogP) is 4.15. The zero-order valence-corrected chi connectivity index (χ0v) is 17.8. The van der Waals surface area contributed by atoms with Crippen LogP contribution >= 0.6 is 0 Å². The average Bonchev–Trinajstić information content (AvgIpc) is 3.36. The van der Waals surface area contributed by atoms with Gasteiger partial charge >= 0.3 is 0 Å². The lowest BCUT2D eigenvalue weighted by atomic mass is 10.1. The van der Waals surface area contributed by atoms with Gasteiger partial charge in [-0.25, -0.2) is 4.98 Å². The highest BCUT2D eigenvalue weighted by Gasteiger charge is 2.37. The number of hydrogen-bond donors (Lipinski definition) is 3. The molecule has 0 spiro atoms. The van der Waals surface area contributed by atoms with Crippen molar-refractivity contribution < 1.29 is 9.53 Å². The number of carbonyl (C=O) groups is 1. The quantitative estimate of drug-likeness (QED) is 0.413. The molecule has 0 aliphatic carbocycles. The summed E-state index contributed by atoms with van der Waals surface area (Å²) < 4.78 is 5.31. The summed E-state index contributed by atoms with van der Waals surface area (Å²) in [6.45, 7) is 4.76. The number of ether oxygens (including phenoxy) is 1. The number of nitrogens with one attached hydrogen (secondary N) is 3. The maximum Gasteiger partial charge on any atom is 0.256 e. The highest BCUT2D eigenvalue weighted by molar-refractivity contribution is 6.14. The highest BCUT2D eigenvalue weighted by atomic mass is 16.5. The Bertz CT molecular complexity index is 1150. The molecule has 3 aromatic rings. The summed E-state index contributed by atoms with van der Waals surface area (Å²) in [7, 11) is 1.64. The molecule has 0 unspecified atom stereocenters. The Morgan fingerprint density at radius 3 is 2.97 bits per heavy atom. The molecule has 2 heterocycles. The highest BCUT2D eigenvalue weighted by Crippen LogP contribution is 2.37. The number of aryl methyl sites for hydroxylation is 1. The van der Waals surface area contributed by atoms with E-state index < -0.39 is 0 Å². The van der Waals surface area contributed by atoms with Crippen molar-refractivity contribution in [3.63, 3.8) is 0 Å². The molecule has 0 bridgehead atoms. The van der Waals surface area contributed by atoms with E-state index in [4.69, 9.17) is 15.1 Å². The van der Waals surface area contributed by atoms with Crippen LogP contribution in [0.4, 0.5) is 5.69 Å². The fraction of sp³-hybridized carbons (Fsp3) is 0.304. The van der Waals surface area contributed by atoms with E-state index in [0.717, 1.165) is 40.8 Å². The lowest BCUT2D eigenvalue weighted by Crippen LogP contribution is -2.32. The van der Waals surface area contributed by atoms with Crippen LogP contribution in [-0.2, 0) is 0 Å². The number of nitrogens with zero attached hydrogens (tertiary/aromatic N) is 3. The Morgan fingerprint density at radius 2 is 2.19 bits per heavy atom. The van der Waals surface area contributed by atoms with Crippen LogP contribution in [0.25, 0.3) is 11.0 Å². The zero-order valence-electron chi connectivity index (χ0n) is 17.8. The number of carbonyl (C=O) groups excluding carboxylic acids is 1. The van der Waals surface area contributed by atoms with Gasteiger partial charge < -0.3 is 20.0 Å². The van der Waals surface area contributed by atoms with Crippen molar-refractivity contribution in [2.24, 2.45) is 11.0 Å². The second kappa shape index (κ2) is 8.59. The van der Waals surface area contributed by atoms with Gasteiger partial charge in [0.1, 0.15) is 11.6 Å². The van der Waals surface area contributed by atoms with E-state index in [9.17, 15) is 4.79 Å². The maximum absolute atomic E-state index is 13.6. The summed E-state index contributed by atoms with van der Waals surface area (Å²) in [5, 5.41) is 11.1. The second-order valence-electron chi connectivity index (χ2n) is 7.92. The molecule has 2 atom stereocenters. The molecule has 2 aromatic carbocycles. The number of H-pyrrole nitrogens is 1. The van der Waals surface area contributed by atoms with Crippen LogP contribution in [0.1, 0.15) is 41.1 Å². The van der Waals surface area contributed by atoms with Gasteiger partial charge in [-0.2, -0.15) is 5.10 Å². The van der Waals surface area contributed by atoms with Gasteiger partial charge in [-0.15, -0.1) is 0 Å². The van der Waals surface area contributed by atoms with Gasteiger partial charge in [0.05, 0.1) is 41.7 Å². The van der Waals surface area contributed by atoms with Gasteiger partial charge in [0.15, 0.2) is 0 Å². The summed E-state index contributed by atoms with van der Waals surface area (Å²) >= 11 is 0. The van der Waals surface area contributed by atoms with Gasteiger partial charge in [0, 0.05) is 18.8 Å². The Hall–Kier alpha value is -3.68. The summed E-state index contributed by atoms with van der Waals surface area (Å²) in [4.78, 5) is 23.7. The van der Waals surface area contributed by atoms with Crippen molar-refractivity contribution >= 4 is 35.1 Å². The molecule has 0 radical (unpaired) electrons. The molecule has 1 aliphatic rings. The first-order valence-corrected chi connectivity index (χ1v) is 10.2. The van der Waals surface area contributed by atoms with Crippen LogP contribution in [0.3, 0.4) is 0 Å². The first-order chi connectivity index (χ1) is 15.0. The largest absolute Gasteiger partial charge is 0.497 e. The van der Waals surface area contributed by atoms with Crippen LogP contribution < -0.4 is 10.2 Å². The number of likely N-dealkylation sites (tertiary alicyclic amines) is 1. The van der Waals surface area contributed by atoms with Crippen molar-refractivity contribution in [2.45, 2.75) is 26.3 Å². The van der Waals surface area contributed by atoms with Crippen LogP contribution in [0.15, 0.2) is 41.5 Å². The molecular formula is C23H26N6O2. The number of imidazole rings is 1. The minimum Gasteiger partial charge on any atom is -0.497 e. The summed E-state index contributed by atoms with van der Waals surface area (Å²) in [6, 6.07) is 11.2. The molecule has 3 N–H and O–H groups in total. The van der Waals surface area contributed by atoms with Gasteiger partial charge in [-0.05, 0) is 43.5 Å². The number of rotatable bonds is 6. The number of hydrazone groups is 1. The molecule has 1 fully saturated rings. The van der Waals surface area contributed by atoms with Crippen LogP contribution in [-0.4, -0.2) is 46.9 Å². The molecule has 8 nitrogen and oxygen atoms in total. The van der Waals surface area contributed by atoms with Crippen LogP contribution in [0.5, 0.6) is 5.75 Å². The fourth-order valence-electron chi connectivity index (χ4n) is 4.05. The van der Waals surface area contributed by atoms with Gasteiger partial charge in [-0.1, -0.05) is 18.6 Å². The smallest absolute Gasteiger partial charge is 0.256 e. The first-order valence-electron chi connectivity index (χ1n) is 10.2. The van der Waals surface area contributed by atoms with Crippen molar-refractivity contribution in [2.75, 3.05) is 19.1 Å². The van der Waals surface area contributed by atoms with E-state index in [0.29, 0.717) is 23.7 Å². The molecule has 4 rings (SSSR count). The predicted molar refractivity (Wildman–Crippen MR) is 122 cm³/mol. The number of benzene rings is 2. The van der Waals surface area contributed by atoms with Crippen molar-refractivity contribution in [1.82, 2.24) is 14.9 Å². The molecule has 1 aromatic heterocycles. The maximum atomic E-state index is 13.6. The minimum absolute atomic E-state index is 0.0661. The Kier molecular flexibility index (Phi) is 5.70. The molecule has 8 heteroatoms. The fourth-order valence-corrected chi connectivity index (χ4v) is 4.05. The van der Waals surface area contributed by atoms with Crippen molar-refractivity contribution in [3.05, 3.63) is 53.3 Å². The van der Waals surface area contributed by atoms with E-state index in [-0.39, 0.29) is 11.9 Å². The number of amides is 1. The lowest BCUT2D eigenvalue weighted by molar-refractivity contribution is 0.0728. The number of fused-ring (bicyclic) bond motifs is 1. The molecule has 1 aliphatic heterocycles. The van der Waals surface area contributed by atoms with E-state index >= 15 is 0 Å². The zero-order chi connectivity index (χ0) is 22.0. The number of aromatic amines is 1. The van der Waals surface area contributed by atoms with E-state index in [1.807, 2.05) is 48.2 Å². The number of anilines is 1. The third kappa shape index (κ3) is 4.14. The summed E-state index contributed by atoms with van der Waals surface area (Å²) in [5.41, 5.74) is 6.77. The van der Waals surface area contributed by atoms with Crippen LogP contribution in [0, 0.1) is 18.3 Å².